The van der Waals surface area contributed by atoms with Gasteiger partial charge in [0.2, 0.25) is 0 Å². The summed E-state index contributed by atoms with van der Waals surface area (Å²) in [6.07, 6.45) is 0.595. The van der Waals surface area contributed by atoms with E-state index in [1.807, 2.05) is 30.3 Å². The van der Waals surface area contributed by atoms with E-state index in [0.29, 0.717) is 24.2 Å². The van der Waals surface area contributed by atoms with E-state index in [0.717, 1.165) is 11.3 Å². The quantitative estimate of drug-likeness (QED) is 0.822. The Balaban J connectivity index is 1.83. The van der Waals surface area contributed by atoms with E-state index >= 15 is 0 Å². The Hall–Kier alpha value is -3.33. The third-order valence-electron chi connectivity index (χ3n) is 3.36. The van der Waals surface area contributed by atoms with Crippen molar-refractivity contribution in [1.82, 2.24) is 5.32 Å². The zero-order valence-corrected chi connectivity index (χ0v) is 13.2. The molecular weight excluding hydrogens is 306 g/mol. The molecule has 0 bridgehead atoms. The fourth-order valence-electron chi connectivity index (χ4n) is 2.06. The molecule has 0 atom stereocenters. The minimum absolute atomic E-state index is 0.303. The number of nitriles is 1. The molecule has 0 saturated carbocycles. The van der Waals surface area contributed by atoms with Crippen molar-refractivity contribution in [3.05, 3.63) is 59.7 Å². The minimum Gasteiger partial charge on any atom is -0.497 e. The number of hydrogen-bond acceptors (Lipinski definition) is 4. The summed E-state index contributed by atoms with van der Waals surface area (Å²) < 4.78 is 5.07. The molecule has 2 aromatic carbocycles. The molecule has 6 nitrogen and oxygen atoms in total. The first kappa shape index (κ1) is 17.0. The summed E-state index contributed by atoms with van der Waals surface area (Å²) in [5.74, 6) is -0.776. The highest BCUT2D eigenvalue weighted by Gasteiger charge is 2.14. The van der Waals surface area contributed by atoms with E-state index in [-0.39, 0.29) is 0 Å². The highest BCUT2D eigenvalue weighted by molar-refractivity contribution is 6.39. The van der Waals surface area contributed by atoms with Crippen LogP contribution in [0.4, 0.5) is 5.69 Å². The summed E-state index contributed by atoms with van der Waals surface area (Å²) in [6, 6.07) is 15.9. The molecule has 24 heavy (non-hydrogen) atoms. The molecule has 0 radical (unpaired) electrons. The van der Waals surface area contributed by atoms with Crippen LogP contribution in [0.2, 0.25) is 0 Å². The molecule has 2 aromatic rings. The number of nitrogens with zero attached hydrogens (tertiary/aromatic N) is 1. The van der Waals surface area contributed by atoms with E-state index < -0.39 is 11.8 Å². The highest BCUT2D eigenvalue weighted by Crippen LogP contribution is 2.13. The third kappa shape index (κ3) is 4.58. The summed E-state index contributed by atoms with van der Waals surface area (Å²) in [7, 11) is 1.60. The van der Waals surface area contributed by atoms with Gasteiger partial charge in [-0.05, 0) is 36.2 Å². The SMILES string of the molecule is COc1ccc(CCNC(=O)C(=O)Nc2ccccc2C#N)cc1. The molecule has 0 fully saturated rings. The molecule has 0 unspecified atom stereocenters. The van der Waals surface area contributed by atoms with Crippen LogP contribution in [0.15, 0.2) is 48.5 Å². The molecule has 122 valence electrons. The van der Waals surface area contributed by atoms with Crippen molar-refractivity contribution >= 4 is 17.5 Å². The average Bonchev–Trinajstić information content (AvgIpc) is 2.62. The second-order valence-electron chi connectivity index (χ2n) is 4.97. The van der Waals surface area contributed by atoms with Crippen LogP contribution >= 0.6 is 0 Å². The first-order valence-electron chi connectivity index (χ1n) is 7.35. The monoisotopic (exact) mass is 323 g/mol. The van der Waals surface area contributed by atoms with Crippen LogP contribution in [0.3, 0.4) is 0 Å². The lowest BCUT2D eigenvalue weighted by molar-refractivity contribution is -0.136. The Labute approximate surface area is 140 Å². The fourth-order valence-corrected chi connectivity index (χ4v) is 2.06. The molecule has 0 heterocycles. The van der Waals surface area contributed by atoms with Crippen molar-refractivity contribution in [1.29, 1.82) is 5.26 Å². The number of methoxy groups -OCH3 is 1. The Morgan fingerprint density at radius 2 is 1.79 bits per heavy atom. The molecular formula is C18H17N3O3. The van der Waals surface area contributed by atoms with Crippen LogP contribution in [-0.2, 0) is 16.0 Å². The maximum Gasteiger partial charge on any atom is 0.313 e. The van der Waals surface area contributed by atoms with Gasteiger partial charge in [0.15, 0.2) is 0 Å². The zero-order chi connectivity index (χ0) is 17.4. The van der Waals surface area contributed by atoms with Gasteiger partial charge in [0.25, 0.3) is 0 Å². The number of hydrogen-bond donors (Lipinski definition) is 2. The normalized spacial score (nSPS) is 9.67. The number of nitrogens with one attached hydrogen (secondary N) is 2. The van der Waals surface area contributed by atoms with Crippen molar-refractivity contribution in [3.8, 4) is 11.8 Å². The smallest absolute Gasteiger partial charge is 0.313 e. The molecule has 0 saturated heterocycles. The van der Waals surface area contributed by atoms with Crippen LogP contribution in [0.25, 0.3) is 0 Å². The summed E-state index contributed by atoms with van der Waals surface area (Å²) in [5.41, 5.74) is 1.64. The second-order valence-corrected chi connectivity index (χ2v) is 4.97. The minimum atomic E-state index is -0.799. The van der Waals surface area contributed by atoms with Crippen molar-refractivity contribution in [2.24, 2.45) is 0 Å². The largest absolute Gasteiger partial charge is 0.497 e. The van der Waals surface area contributed by atoms with Crippen LogP contribution in [0.5, 0.6) is 5.75 Å². The number of para-hydroxylation sites is 1. The number of carbonyl (C=O) groups excluding carboxylic acids is 2. The van der Waals surface area contributed by atoms with E-state index in [4.69, 9.17) is 10.00 Å². The van der Waals surface area contributed by atoms with E-state index in [2.05, 4.69) is 10.6 Å². The lowest BCUT2D eigenvalue weighted by Crippen LogP contribution is -2.36. The number of rotatable bonds is 5. The van der Waals surface area contributed by atoms with Crippen molar-refractivity contribution in [3.63, 3.8) is 0 Å². The number of carbonyl (C=O) groups is 2. The number of benzene rings is 2. The Kier molecular flexibility index (Phi) is 5.92. The van der Waals surface area contributed by atoms with Crippen LogP contribution in [0.1, 0.15) is 11.1 Å². The molecule has 6 heteroatoms. The van der Waals surface area contributed by atoms with E-state index in [9.17, 15) is 9.59 Å². The average molecular weight is 323 g/mol. The van der Waals surface area contributed by atoms with Crippen LogP contribution in [-0.4, -0.2) is 25.5 Å². The number of ether oxygens (including phenoxy) is 1. The van der Waals surface area contributed by atoms with Gasteiger partial charge in [0, 0.05) is 6.54 Å². The lowest BCUT2D eigenvalue weighted by Gasteiger charge is -2.08. The van der Waals surface area contributed by atoms with Crippen molar-refractivity contribution in [2.75, 3.05) is 19.0 Å². The molecule has 0 spiro atoms. The standard InChI is InChI=1S/C18H17N3O3/c1-24-15-8-6-13(7-9-15)10-11-20-17(22)18(23)21-16-5-3-2-4-14(16)12-19/h2-9H,10-11H2,1H3,(H,20,22)(H,21,23). The van der Waals surface area contributed by atoms with Gasteiger partial charge in [0.05, 0.1) is 18.4 Å². The Morgan fingerprint density at radius 1 is 1.08 bits per heavy atom. The van der Waals surface area contributed by atoms with Gasteiger partial charge in [-0.1, -0.05) is 24.3 Å². The maximum absolute atomic E-state index is 11.9. The molecule has 2 amide bonds. The van der Waals surface area contributed by atoms with Gasteiger partial charge in [-0.15, -0.1) is 0 Å². The fraction of sp³-hybridized carbons (Fsp3) is 0.167. The van der Waals surface area contributed by atoms with Gasteiger partial charge in [-0.2, -0.15) is 5.26 Å². The number of anilines is 1. The van der Waals surface area contributed by atoms with Crippen LogP contribution < -0.4 is 15.4 Å². The second kappa shape index (κ2) is 8.34. The maximum atomic E-state index is 11.9. The first-order chi connectivity index (χ1) is 11.6. The van der Waals surface area contributed by atoms with Gasteiger partial charge in [-0.3, -0.25) is 9.59 Å². The molecule has 2 rings (SSSR count). The highest BCUT2D eigenvalue weighted by atomic mass is 16.5. The summed E-state index contributed by atoms with van der Waals surface area (Å²) in [4.78, 5) is 23.7. The summed E-state index contributed by atoms with van der Waals surface area (Å²) >= 11 is 0. The van der Waals surface area contributed by atoms with Gasteiger partial charge in [0.1, 0.15) is 11.8 Å². The molecule has 0 aromatic heterocycles. The lowest BCUT2D eigenvalue weighted by atomic mass is 10.1. The van der Waals surface area contributed by atoms with Gasteiger partial charge in [-0.25, -0.2) is 0 Å². The summed E-state index contributed by atoms with van der Waals surface area (Å²) in [5, 5.41) is 14.0. The molecule has 0 aliphatic heterocycles. The van der Waals surface area contributed by atoms with Crippen molar-refractivity contribution < 1.29 is 14.3 Å². The molecule has 0 aliphatic rings. The van der Waals surface area contributed by atoms with Crippen molar-refractivity contribution in [2.45, 2.75) is 6.42 Å². The van der Waals surface area contributed by atoms with Gasteiger partial charge >= 0.3 is 11.8 Å². The third-order valence-corrected chi connectivity index (χ3v) is 3.36. The van der Waals surface area contributed by atoms with E-state index in [1.165, 1.54) is 0 Å². The molecule has 2 N–H and O–H groups in total. The van der Waals surface area contributed by atoms with Crippen LogP contribution in [0, 0.1) is 11.3 Å². The Bertz CT molecular complexity index is 764. The predicted molar refractivity (Wildman–Crippen MR) is 89.5 cm³/mol. The number of amides is 2. The topological polar surface area (TPSA) is 91.2 Å². The van der Waals surface area contributed by atoms with Gasteiger partial charge < -0.3 is 15.4 Å². The van der Waals surface area contributed by atoms with E-state index in [1.54, 1.807) is 31.4 Å². The zero-order valence-electron chi connectivity index (χ0n) is 13.2. The predicted octanol–water partition coefficient (Wildman–Crippen LogP) is 1.86. The molecule has 0 aliphatic carbocycles. The first-order valence-corrected chi connectivity index (χ1v) is 7.35. The Morgan fingerprint density at radius 3 is 2.46 bits per heavy atom. The summed E-state index contributed by atoms with van der Waals surface area (Å²) in [6.45, 7) is 0.332.